The maximum Gasteiger partial charge on any atom is 0.279 e. The molecule has 0 saturated carbocycles. The van der Waals surface area contributed by atoms with Gasteiger partial charge >= 0.3 is 0 Å². The van der Waals surface area contributed by atoms with Crippen LogP contribution in [0.2, 0.25) is 0 Å². The number of hydrazine groups is 1. The van der Waals surface area contributed by atoms with E-state index < -0.39 is 12.0 Å². The van der Waals surface area contributed by atoms with Crippen LogP contribution in [0, 0.1) is 12.8 Å². The van der Waals surface area contributed by atoms with Crippen molar-refractivity contribution in [1.82, 2.24) is 15.8 Å². The molecule has 34 heavy (non-hydrogen) atoms. The molecule has 1 saturated heterocycles. The maximum atomic E-state index is 12.8. The van der Waals surface area contributed by atoms with Crippen LogP contribution in [-0.4, -0.2) is 41.8 Å². The number of fused-ring (bicyclic) bond motifs is 1. The van der Waals surface area contributed by atoms with Gasteiger partial charge in [0.05, 0.1) is 5.92 Å². The number of piperidine rings is 1. The number of carbonyl (C=O) groups excluding carboxylic acids is 3. The van der Waals surface area contributed by atoms with Crippen molar-refractivity contribution in [3.05, 3.63) is 77.9 Å². The van der Waals surface area contributed by atoms with Crippen LogP contribution in [0.25, 0.3) is 10.8 Å². The first-order valence-electron chi connectivity index (χ1n) is 11.5. The summed E-state index contributed by atoms with van der Waals surface area (Å²) in [7, 11) is 0. The molecular formula is C27H29N3O4. The van der Waals surface area contributed by atoms with Gasteiger partial charge in [-0.25, -0.2) is 0 Å². The van der Waals surface area contributed by atoms with E-state index in [0.29, 0.717) is 30.8 Å². The third-order valence-electron chi connectivity index (χ3n) is 6.09. The van der Waals surface area contributed by atoms with Crippen molar-refractivity contribution in [2.45, 2.75) is 32.8 Å². The zero-order valence-corrected chi connectivity index (χ0v) is 19.4. The number of nitrogens with zero attached hydrogens (tertiary/aromatic N) is 1. The number of amides is 3. The zero-order chi connectivity index (χ0) is 24.1. The molecule has 1 heterocycles. The Kier molecular flexibility index (Phi) is 7.11. The molecule has 176 valence electrons. The Bertz CT molecular complexity index is 1190. The molecule has 1 fully saturated rings. The van der Waals surface area contributed by atoms with Crippen molar-refractivity contribution in [1.29, 1.82) is 0 Å². The molecule has 0 bridgehead atoms. The second-order valence-electron chi connectivity index (χ2n) is 8.70. The van der Waals surface area contributed by atoms with Crippen LogP contribution in [0.4, 0.5) is 0 Å². The summed E-state index contributed by atoms with van der Waals surface area (Å²) < 4.78 is 5.75. The summed E-state index contributed by atoms with van der Waals surface area (Å²) in [6.07, 6.45) is 0.584. The molecule has 4 rings (SSSR count). The van der Waals surface area contributed by atoms with Gasteiger partial charge < -0.3 is 9.64 Å². The van der Waals surface area contributed by atoms with E-state index in [4.69, 9.17) is 4.74 Å². The number of benzene rings is 3. The first-order chi connectivity index (χ1) is 16.4. The van der Waals surface area contributed by atoms with Gasteiger partial charge in [-0.05, 0) is 61.7 Å². The zero-order valence-electron chi connectivity index (χ0n) is 19.4. The lowest BCUT2D eigenvalue weighted by atomic mass is 9.96. The smallest absolute Gasteiger partial charge is 0.279 e. The van der Waals surface area contributed by atoms with Gasteiger partial charge in [0.25, 0.3) is 11.8 Å². The van der Waals surface area contributed by atoms with E-state index in [0.717, 1.165) is 22.8 Å². The molecule has 0 aromatic heterocycles. The Morgan fingerprint density at radius 3 is 2.47 bits per heavy atom. The summed E-state index contributed by atoms with van der Waals surface area (Å²) in [6.45, 7) is 4.52. The van der Waals surface area contributed by atoms with E-state index in [1.165, 1.54) is 0 Å². The van der Waals surface area contributed by atoms with Crippen LogP contribution in [0.1, 0.15) is 35.7 Å². The molecule has 3 amide bonds. The lowest BCUT2D eigenvalue weighted by Crippen LogP contribution is -2.52. The summed E-state index contributed by atoms with van der Waals surface area (Å²) in [6, 6.07) is 20.9. The predicted molar refractivity (Wildman–Crippen MR) is 130 cm³/mol. The second-order valence-corrected chi connectivity index (χ2v) is 8.70. The Morgan fingerprint density at radius 1 is 0.971 bits per heavy atom. The Hall–Kier alpha value is -3.87. The second kappa shape index (κ2) is 10.4. The highest BCUT2D eigenvalue weighted by atomic mass is 16.5. The number of carbonyl (C=O) groups is 3. The molecule has 7 heteroatoms. The van der Waals surface area contributed by atoms with Gasteiger partial charge in [-0.2, -0.15) is 0 Å². The molecule has 2 unspecified atom stereocenters. The van der Waals surface area contributed by atoms with Gasteiger partial charge in [0.2, 0.25) is 5.91 Å². The number of aryl methyl sites for hydroxylation is 1. The normalized spacial score (nSPS) is 16.5. The predicted octanol–water partition coefficient (Wildman–Crippen LogP) is 3.62. The van der Waals surface area contributed by atoms with Crippen LogP contribution in [-0.2, 0) is 9.59 Å². The molecule has 0 spiro atoms. The summed E-state index contributed by atoms with van der Waals surface area (Å²) in [4.78, 5) is 39.6. The van der Waals surface area contributed by atoms with Gasteiger partial charge in [-0.15, -0.1) is 0 Å². The first kappa shape index (κ1) is 23.3. The molecule has 3 aromatic carbocycles. The molecule has 0 radical (unpaired) electrons. The van der Waals surface area contributed by atoms with Crippen molar-refractivity contribution < 1.29 is 19.1 Å². The summed E-state index contributed by atoms with van der Waals surface area (Å²) in [5.41, 5.74) is 6.65. The standard InChI is InChI=1S/C27H29N3O4/c1-18-9-11-21(12-10-18)27(33)30-15-5-8-23(17-30)26(32)29-28-25(31)19(2)34-24-14-13-20-6-3-4-7-22(20)16-24/h3-4,6-7,9-14,16,19,23H,5,8,15,17H2,1-2H3,(H,28,31)(H,29,32). The SMILES string of the molecule is Cc1ccc(C(=O)N2CCCC(C(=O)NNC(=O)C(C)Oc3ccc4ccccc4c3)C2)cc1. The minimum Gasteiger partial charge on any atom is -0.481 e. The summed E-state index contributed by atoms with van der Waals surface area (Å²) in [5.74, 6) is -0.665. The number of nitrogens with one attached hydrogen (secondary N) is 2. The highest BCUT2D eigenvalue weighted by Crippen LogP contribution is 2.22. The topological polar surface area (TPSA) is 87.7 Å². The largest absolute Gasteiger partial charge is 0.481 e. The van der Waals surface area contributed by atoms with Crippen molar-refractivity contribution >= 4 is 28.5 Å². The van der Waals surface area contributed by atoms with Crippen LogP contribution >= 0.6 is 0 Å². The quantitative estimate of drug-likeness (QED) is 0.571. The summed E-state index contributed by atoms with van der Waals surface area (Å²) in [5, 5.41) is 2.10. The van der Waals surface area contributed by atoms with Gasteiger partial charge in [-0.3, -0.25) is 25.2 Å². The van der Waals surface area contributed by atoms with E-state index >= 15 is 0 Å². The Morgan fingerprint density at radius 2 is 1.71 bits per heavy atom. The number of hydrogen-bond donors (Lipinski definition) is 2. The molecule has 0 aliphatic carbocycles. The fraction of sp³-hybridized carbons (Fsp3) is 0.296. The van der Waals surface area contributed by atoms with Gasteiger partial charge in [0.1, 0.15) is 5.75 Å². The molecule has 3 aromatic rings. The summed E-state index contributed by atoms with van der Waals surface area (Å²) >= 11 is 0. The Balaban J connectivity index is 1.28. The third kappa shape index (κ3) is 5.54. The van der Waals surface area contributed by atoms with E-state index in [1.807, 2.05) is 61.5 Å². The van der Waals surface area contributed by atoms with Crippen molar-refractivity contribution in [3.8, 4) is 5.75 Å². The highest BCUT2D eigenvalue weighted by molar-refractivity contribution is 5.95. The van der Waals surface area contributed by atoms with Crippen LogP contribution in [0.3, 0.4) is 0 Å². The van der Waals surface area contributed by atoms with Crippen molar-refractivity contribution in [3.63, 3.8) is 0 Å². The molecule has 1 aliphatic rings. The van der Waals surface area contributed by atoms with Gasteiger partial charge in [0.15, 0.2) is 6.10 Å². The van der Waals surface area contributed by atoms with Crippen LogP contribution < -0.4 is 15.6 Å². The van der Waals surface area contributed by atoms with Crippen molar-refractivity contribution in [2.24, 2.45) is 5.92 Å². The van der Waals surface area contributed by atoms with E-state index in [1.54, 1.807) is 24.0 Å². The van der Waals surface area contributed by atoms with Crippen LogP contribution in [0.15, 0.2) is 66.7 Å². The lowest BCUT2D eigenvalue weighted by molar-refractivity contribution is -0.135. The molecule has 2 atom stereocenters. The third-order valence-corrected chi connectivity index (χ3v) is 6.09. The minimum atomic E-state index is -0.799. The molecular weight excluding hydrogens is 430 g/mol. The maximum absolute atomic E-state index is 12.8. The average molecular weight is 460 g/mol. The van der Waals surface area contributed by atoms with Gasteiger partial charge in [0, 0.05) is 18.7 Å². The van der Waals surface area contributed by atoms with E-state index in [2.05, 4.69) is 10.9 Å². The lowest BCUT2D eigenvalue weighted by Gasteiger charge is -2.32. The number of hydrogen-bond acceptors (Lipinski definition) is 4. The minimum absolute atomic E-state index is 0.0843. The molecule has 1 aliphatic heterocycles. The average Bonchev–Trinajstić information content (AvgIpc) is 2.87. The number of rotatable bonds is 5. The highest BCUT2D eigenvalue weighted by Gasteiger charge is 2.29. The molecule has 2 N–H and O–H groups in total. The first-order valence-corrected chi connectivity index (χ1v) is 11.5. The van der Waals surface area contributed by atoms with E-state index in [-0.39, 0.29) is 17.7 Å². The Labute approximate surface area is 199 Å². The van der Waals surface area contributed by atoms with Crippen LogP contribution in [0.5, 0.6) is 5.75 Å². The fourth-order valence-electron chi connectivity index (χ4n) is 4.08. The number of likely N-dealkylation sites (tertiary alicyclic amines) is 1. The number of ether oxygens (including phenoxy) is 1. The van der Waals surface area contributed by atoms with Gasteiger partial charge in [-0.1, -0.05) is 48.0 Å². The van der Waals surface area contributed by atoms with E-state index in [9.17, 15) is 14.4 Å². The molecule has 7 nitrogen and oxygen atoms in total. The fourth-order valence-corrected chi connectivity index (χ4v) is 4.08. The van der Waals surface area contributed by atoms with Crippen molar-refractivity contribution in [2.75, 3.05) is 13.1 Å². The monoisotopic (exact) mass is 459 g/mol.